The van der Waals surface area contributed by atoms with Crippen molar-refractivity contribution in [2.75, 3.05) is 11.5 Å². The van der Waals surface area contributed by atoms with Gasteiger partial charge < -0.3 is 9.88 Å². The van der Waals surface area contributed by atoms with Crippen molar-refractivity contribution in [2.24, 2.45) is 23.2 Å². The molecule has 1 N–H and O–H groups in total. The molecule has 1 saturated heterocycles. The molecule has 4 heteroatoms. The maximum atomic E-state index is 13.2. The van der Waals surface area contributed by atoms with Gasteiger partial charge in [0.2, 0.25) is 5.91 Å². The van der Waals surface area contributed by atoms with E-state index in [9.17, 15) is 4.79 Å². The minimum Gasteiger partial charge on any atom is -0.353 e. The molecule has 4 saturated carbocycles. The zero-order valence-electron chi connectivity index (χ0n) is 16.7. The fourth-order valence-electron chi connectivity index (χ4n) is 7.38. The first-order chi connectivity index (χ1) is 13.1. The van der Waals surface area contributed by atoms with Gasteiger partial charge in [-0.05, 0) is 105 Å². The quantitative estimate of drug-likeness (QED) is 0.787. The molecule has 1 atom stereocenters. The molecule has 1 aliphatic heterocycles. The predicted molar refractivity (Wildman–Crippen MR) is 112 cm³/mol. The van der Waals surface area contributed by atoms with Gasteiger partial charge in [0.15, 0.2) is 0 Å². The molecule has 5 fully saturated rings. The van der Waals surface area contributed by atoms with E-state index >= 15 is 0 Å². The fourth-order valence-corrected chi connectivity index (χ4v) is 8.63. The number of rotatable bonds is 5. The number of nitrogens with one attached hydrogen (secondary N) is 1. The first-order valence-electron chi connectivity index (χ1n) is 11.1. The summed E-state index contributed by atoms with van der Waals surface area (Å²) in [7, 11) is 0. The number of hydrogen-bond acceptors (Lipinski definition) is 2. The summed E-state index contributed by atoms with van der Waals surface area (Å²) in [5.74, 6) is 5.43. The molecule has 1 aromatic heterocycles. The minimum absolute atomic E-state index is 0.0139. The van der Waals surface area contributed by atoms with Crippen molar-refractivity contribution in [3.63, 3.8) is 0 Å². The predicted octanol–water partition coefficient (Wildman–Crippen LogP) is 4.82. The molecule has 4 bridgehead atoms. The van der Waals surface area contributed by atoms with Gasteiger partial charge in [-0.1, -0.05) is 0 Å². The van der Waals surface area contributed by atoms with Crippen molar-refractivity contribution < 1.29 is 4.79 Å². The van der Waals surface area contributed by atoms with E-state index in [4.69, 9.17) is 0 Å². The van der Waals surface area contributed by atoms with Crippen LogP contribution < -0.4 is 5.32 Å². The van der Waals surface area contributed by atoms with Crippen molar-refractivity contribution in [3.8, 4) is 0 Å². The Hall–Kier alpha value is -0.900. The van der Waals surface area contributed by atoms with Gasteiger partial charge in [0, 0.05) is 18.4 Å². The summed E-state index contributed by atoms with van der Waals surface area (Å²) in [5.41, 5.74) is 0.382. The summed E-state index contributed by atoms with van der Waals surface area (Å²) in [6.45, 7) is 2.31. The van der Waals surface area contributed by atoms with E-state index in [1.165, 1.54) is 38.5 Å². The average molecular weight is 387 g/mol. The molecular weight excluding hydrogens is 352 g/mol. The highest BCUT2D eigenvalue weighted by molar-refractivity contribution is 7.99. The normalized spacial score (nSPS) is 37.9. The molecule has 2 heterocycles. The summed E-state index contributed by atoms with van der Waals surface area (Å²) in [6, 6.07) is 4.52. The molecule has 148 valence electrons. The number of amides is 1. The van der Waals surface area contributed by atoms with E-state index in [1.54, 1.807) is 0 Å². The molecule has 5 aliphatic rings. The van der Waals surface area contributed by atoms with Gasteiger partial charge in [0.25, 0.3) is 0 Å². The van der Waals surface area contributed by atoms with Crippen LogP contribution in [0.4, 0.5) is 0 Å². The van der Waals surface area contributed by atoms with Gasteiger partial charge in [0.05, 0.1) is 12.0 Å². The second kappa shape index (κ2) is 6.86. The zero-order valence-corrected chi connectivity index (χ0v) is 17.5. The zero-order chi connectivity index (χ0) is 18.5. The van der Waals surface area contributed by atoms with Crippen LogP contribution >= 0.6 is 11.8 Å². The lowest BCUT2D eigenvalue weighted by molar-refractivity contribution is -0.128. The largest absolute Gasteiger partial charge is 0.353 e. The molecular formula is C23H34N2OS. The van der Waals surface area contributed by atoms with Gasteiger partial charge >= 0.3 is 0 Å². The molecule has 6 rings (SSSR count). The Morgan fingerprint density at radius 2 is 1.63 bits per heavy atom. The molecule has 0 aromatic carbocycles. The Kier molecular flexibility index (Phi) is 4.61. The van der Waals surface area contributed by atoms with E-state index in [0.29, 0.717) is 17.9 Å². The van der Waals surface area contributed by atoms with Gasteiger partial charge in [-0.15, -0.1) is 0 Å². The van der Waals surface area contributed by atoms with Crippen LogP contribution in [0.3, 0.4) is 0 Å². The van der Waals surface area contributed by atoms with Crippen molar-refractivity contribution in [1.82, 2.24) is 9.88 Å². The smallest absolute Gasteiger partial charge is 0.222 e. The number of carbonyl (C=O) groups excluding carboxylic acids is 1. The first kappa shape index (κ1) is 18.1. The molecule has 27 heavy (non-hydrogen) atoms. The van der Waals surface area contributed by atoms with Crippen LogP contribution in [0.5, 0.6) is 0 Å². The van der Waals surface area contributed by atoms with Crippen LogP contribution in [-0.4, -0.2) is 28.0 Å². The van der Waals surface area contributed by atoms with Crippen molar-refractivity contribution >= 4 is 17.7 Å². The maximum Gasteiger partial charge on any atom is 0.222 e. The number of aromatic nitrogens is 1. The highest BCUT2D eigenvalue weighted by Crippen LogP contribution is 2.61. The monoisotopic (exact) mass is 386 g/mol. The van der Waals surface area contributed by atoms with Crippen molar-refractivity contribution in [1.29, 1.82) is 0 Å². The Balaban J connectivity index is 1.28. The van der Waals surface area contributed by atoms with Crippen LogP contribution in [0.1, 0.15) is 64.7 Å². The average Bonchev–Trinajstić information content (AvgIpc) is 3.16. The van der Waals surface area contributed by atoms with Crippen molar-refractivity contribution in [2.45, 2.75) is 76.3 Å². The lowest BCUT2D eigenvalue weighted by Crippen LogP contribution is -2.56. The van der Waals surface area contributed by atoms with Crippen molar-refractivity contribution in [3.05, 3.63) is 24.5 Å². The molecule has 4 aliphatic carbocycles. The highest BCUT2D eigenvalue weighted by Gasteiger charge is 2.53. The molecule has 1 aromatic rings. The second-order valence-corrected chi connectivity index (χ2v) is 11.4. The molecule has 1 unspecified atom stereocenters. The summed E-state index contributed by atoms with van der Waals surface area (Å²) < 4.78 is 2.32. The third-order valence-electron chi connectivity index (χ3n) is 8.45. The molecule has 1 amide bonds. The third kappa shape index (κ3) is 3.26. The Bertz CT molecular complexity index is 641. The van der Waals surface area contributed by atoms with Crippen LogP contribution in [0.25, 0.3) is 0 Å². The topological polar surface area (TPSA) is 34.0 Å². The van der Waals surface area contributed by atoms with E-state index in [0.717, 1.165) is 42.1 Å². The van der Waals surface area contributed by atoms with Crippen LogP contribution in [0.2, 0.25) is 0 Å². The summed E-state index contributed by atoms with van der Waals surface area (Å²) in [5, 5.41) is 3.51. The number of hydrogen-bond donors (Lipinski definition) is 1. The lowest BCUT2D eigenvalue weighted by atomic mass is 9.48. The number of nitrogens with zero attached hydrogens (tertiary/aromatic N) is 1. The van der Waals surface area contributed by atoms with Crippen LogP contribution in [0, 0.1) is 23.2 Å². The van der Waals surface area contributed by atoms with Gasteiger partial charge in [-0.2, -0.15) is 11.8 Å². The second-order valence-electron chi connectivity index (χ2n) is 10.2. The first-order valence-corrected chi connectivity index (χ1v) is 12.2. The third-order valence-corrected chi connectivity index (χ3v) is 9.43. The summed E-state index contributed by atoms with van der Waals surface area (Å²) >= 11 is 2.03. The van der Waals surface area contributed by atoms with Gasteiger partial charge in [0.1, 0.15) is 0 Å². The van der Waals surface area contributed by atoms with E-state index in [1.807, 2.05) is 11.8 Å². The number of carbonyl (C=O) groups is 1. The van der Waals surface area contributed by atoms with E-state index in [-0.39, 0.29) is 11.4 Å². The van der Waals surface area contributed by atoms with E-state index in [2.05, 4.69) is 41.3 Å². The van der Waals surface area contributed by atoms with Crippen LogP contribution in [-0.2, 0) is 10.3 Å². The molecule has 0 spiro atoms. The summed E-state index contributed by atoms with van der Waals surface area (Å²) in [4.78, 5) is 13.2. The van der Waals surface area contributed by atoms with Gasteiger partial charge in [-0.3, -0.25) is 4.79 Å². The SMILES string of the molecule is CC(NC(=O)CC1(n2cccc2)CCSCC1)C12CC3CC(CC(C3)C1)C2. The Morgan fingerprint density at radius 3 is 2.19 bits per heavy atom. The fraction of sp³-hybridized carbons (Fsp3) is 0.783. The minimum atomic E-state index is -0.0139. The summed E-state index contributed by atoms with van der Waals surface area (Å²) in [6.07, 6.45) is 15.6. The highest BCUT2D eigenvalue weighted by atomic mass is 32.2. The maximum absolute atomic E-state index is 13.2. The Labute approximate surface area is 168 Å². The lowest BCUT2D eigenvalue weighted by Gasteiger charge is -2.59. The molecule has 3 nitrogen and oxygen atoms in total. The van der Waals surface area contributed by atoms with E-state index < -0.39 is 0 Å². The Morgan fingerprint density at radius 1 is 1.07 bits per heavy atom. The number of thioether (sulfide) groups is 1. The standard InChI is InChI=1S/C23H34N2OS/c1-17(22-13-18-10-19(14-22)12-20(11-18)15-22)24-21(26)16-23(4-8-27-9-5-23)25-6-2-3-7-25/h2-3,6-7,17-20H,4-5,8-16H2,1H3,(H,24,26). The van der Waals surface area contributed by atoms with Gasteiger partial charge in [-0.25, -0.2) is 0 Å². The molecule has 0 radical (unpaired) electrons. The van der Waals surface area contributed by atoms with Crippen LogP contribution in [0.15, 0.2) is 24.5 Å².